The van der Waals surface area contributed by atoms with Crippen LogP contribution in [0.15, 0.2) is 51.1 Å². The summed E-state index contributed by atoms with van der Waals surface area (Å²) in [7, 11) is -2.97. The Morgan fingerprint density at radius 1 is 1.34 bits per heavy atom. The van der Waals surface area contributed by atoms with Crippen LogP contribution in [0.25, 0.3) is 6.08 Å². The second kappa shape index (κ2) is 13.5. The van der Waals surface area contributed by atoms with Crippen molar-refractivity contribution >= 4 is 35.7 Å². The number of hydrogen-bond acceptors (Lipinski definition) is 9. The summed E-state index contributed by atoms with van der Waals surface area (Å²) in [6.45, 7) is 3.39. The largest absolute Gasteiger partial charge is 0.468 e. The standard InChI is InChI=1S/C24H31BrN3O9P/c1-15(2)11-18(23(31)34-3)27-38(33,37-17-7-5-4-6-8-17)35-14-20-19(29)12-21(36-20)28-13-16(9-10-25)22(30)26-24(28)32/h4-10,13,15,18-21,29H,11-12,14H2,1-3H3,(H,27,33)(H,26,30,32)/b10-9+/t18-,19?,20?,21?,38?/m0/s1. The highest BCUT2D eigenvalue weighted by Gasteiger charge is 2.40. The lowest BCUT2D eigenvalue weighted by Crippen LogP contribution is -2.39. The number of esters is 1. The molecule has 1 aliphatic rings. The minimum atomic E-state index is -4.20. The van der Waals surface area contributed by atoms with E-state index in [1.807, 2.05) is 13.8 Å². The highest BCUT2D eigenvalue weighted by Crippen LogP contribution is 2.46. The summed E-state index contributed by atoms with van der Waals surface area (Å²) >= 11 is 3.09. The Labute approximate surface area is 227 Å². The lowest BCUT2D eigenvalue weighted by molar-refractivity contribution is -0.143. The van der Waals surface area contributed by atoms with Gasteiger partial charge in [0.05, 0.1) is 25.4 Å². The molecule has 0 spiro atoms. The van der Waals surface area contributed by atoms with Crippen LogP contribution in [0.5, 0.6) is 5.75 Å². The minimum Gasteiger partial charge on any atom is -0.468 e. The average Bonchev–Trinajstić information content (AvgIpc) is 3.24. The number of aliphatic hydroxyl groups excluding tert-OH is 1. The van der Waals surface area contributed by atoms with Gasteiger partial charge < -0.3 is 19.1 Å². The molecular weight excluding hydrogens is 585 g/mol. The van der Waals surface area contributed by atoms with Crippen molar-refractivity contribution in [2.24, 2.45) is 5.92 Å². The van der Waals surface area contributed by atoms with Crippen molar-refractivity contribution in [3.8, 4) is 5.75 Å². The highest BCUT2D eigenvalue weighted by atomic mass is 79.9. The van der Waals surface area contributed by atoms with Crippen molar-refractivity contribution < 1.29 is 33.0 Å². The van der Waals surface area contributed by atoms with E-state index in [1.165, 1.54) is 24.4 Å². The molecule has 2 heterocycles. The van der Waals surface area contributed by atoms with Gasteiger partial charge in [0.25, 0.3) is 5.56 Å². The van der Waals surface area contributed by atoms with Gasteiger partial charge in [0.2, 0.25) is 0 Å². The SMILES string of the molecule is COC(=O)[C@H](CC(C)C)NP(=O)(OCC1OC(n2cc(/C=C/Br)c(=O)[nH]c2=O)CC1O)Oc1ccccc1. The second-order valence-electron chi connectivity index (χ2n) is 9.01. The van der Waals surface area contributed by atoms with Gasteiger partial charge in [-0.15, -0.1) is 0 Å². The number of aromatic amines is 1. The molecule has 1 aliphatic heterocycles. The number of para-hydroxylation sites is 1. The van der Waals surface area contributed by atoms with Gasteiger partial charge in [0.1, 0.15) is 24.1 Å². The third-order valence-corrected chi connectivity index (χ3v) is 7.47. The minimum absolute atomic E-state index is 0.00680. The summed E-state index contributed by atoms with van der Waals surface area (Å²) in [6.07, 6.45) is 0.0687. The molecule has 1 aromatic carbocycles. The molecule has 1 aromatic heterocycles. The average molecular weight is 616 g/mol. The van der Waals surface area contributed by atoms with Gasteiger partial charge in [-0.2, -0.15) is 5.09 Å². The Hall–Kier alpha value is -2.54. The van der Waals surface area contributed by atoms with E-state index < -0.39 is 56.0 Å². The number of halogens is 1. The number of carbonyl (C=O) groups is 1. The number of ether oxygens (including phenoxy) is 2. The summed E-state index contributed by atoms with van der Waals surface area (Å²) < 4.78 is 37.0. The van der Waals surface area contributed by atoms with Crippen LogP contribution in [0.1, 0.15) is 38.5 Å². The molecule has 0 saturated carbocycles. The van der Waals surface area contributed by atoms with Crippen molar-refractivity contribution in [3.63, 3.8) is 0 Å². The van der Waals surface area contributed by atoms with Crippen molar-refractivity contribution in [3.05, 3.63) is 67.9 Å². The molecule has 38 heavy (non-hydrogen) atoms. The Morgan fingerprint density at radius 3 is 2.68 bits per heavy atom. The molecule has 2 aromatic rings. The third kappa shape index (κ3) is 7.98. The zero-order valence-corrected chi connectivity index (χ0v) is 23.6. The van der Waals surface area contributed by atoms with Crippen LogP contribution in [-0.2, 0) is 23.4 Å². The maximum atomic E-state index is 13.8. The predicted molar refractivity (Wildman–Crippen MR) is 143 cm³/mol. The molecule has 0 bridgehead atoms. The molecule has 208 valence electrons. The zero-order chi connectivity index (χ0) is 27.9. The maximum Gasteiger partial charge on any atom is 0.459 e. The number of hydrogen-bond donors (Lipinski definition) is 3. The van der Waals surface area contributed by atoms with Gasteiger partial charge >= 0.3 is 19.4 Å². The molecule has 5 atom stereocenters. The van der Waals surface area contributed by atoms with E-state index in [-0.39, 0.29) is 23.7 Å². The molecule has 0 radical (unpaired) electrons. The van der Waals surface area contributed by atoms with Crippen LogP contribution < -0.4 is 20.9 Å². The second-order valence-corrected chi connectivity index (χ2v) is 11.2. The molecule has 1 fully saturated rings. The Morgan fingerprint density at radius 2 is 2.05 bits per heavy atom. The number of aliphatic hydroxyl groups is 1. The van der Waals surface area contributed by atoms with Crippen LogP contribution in [0.3, 0.4) is 0 Å². The fourth-order valence-electron chi connectivity index (χ4n) is 3.83. The van der Waals surface area contributed by atoms with Gasteiger partial charge in [-0.1, -0.05) is 48.0 Å². The van der Waals surface area contributed by atoms with Crippen molar-refractivity contribution in [1.29, 1.82) is 0 Å². The molecule has 3 N–H and O–H groups in total. The fraction of sp³-hybridized carbons (Fsp3) is 0.458. The molecule has 0 amide bonds. The first-order valence-corrected chi connectivity index (χ1v) is 14.3. The van der Waals surface area contributed by atoms with Crippen LogP contribution in [0.4, 0.5) is 0 Å². The Bertz CT molecular complexity index is 1280. The first-order chi connectivity index (χ1) is 18.0. The number of aromatic nitrogens is 2. The third-order valence-electron chi connectivity index (χ3n) is 5.64. The molecular formula is C24H31BrN3O9P. The number of H-pyrrole nitrogens is 1. The molecule has 12 nitrogen and oxygen atoms in total. The lowest BCUT2D eigenvalue weighted by atomic mass is 10.1. The summed E-state index contributed by atoms with van der Waals surface area (Å²) in [4.78, 5) is 40.4. The number of methoxy groups -OCH3 is 1. The van der Waals surface area contributed by atoms with Gasteiger partial charge in [-0.05, 0) is 35.5 Å². The highest BCUT2D eigenvalue weighted by molar-refractivity contribution is 9.11. The summed E-state index contributed by atoms with van der Waals surface area (Å²) in [6, 6.07) is 7.28. The van der Waals surface area contributed by atoms with Gasteiger partial charge in [0.15, 0.2) is 0 Å². The topological polar surface area (TPSA) is 158 Å². The number of rotatable bonds is 12. The smallest absolute Gasteiger partial charge is 0.459 e. The zero-order valence-electron chi connectivity index (χ0n) is 21.1. The fourth-order valence-corrected chi connectivity index (χ4v) is 5.62. The number of carbonyl (C=O) groups excluding carboxylic acids is 1. The summed E-state index contributed by atoms with van der Waals surface area (Å²) in [5.74, 6) is -0.353. The van der Waals surface area contributed by atoms with Crippen LogP contribution >= 0.6 is 23.7 Å². The normalized spacial score (nSPS) is 21.9. The van der Waals surface area contributed by atoms with E-state index in [9.17, 15) is 24.1 Å². The molecule has 4 unspecified atom stereocenters. The predicted octanol–water partition coefficient (Wildman–Crippen LogP) is 2.93. The maximum absolute atomic E-state index is 13.8. The van der Waals surface area contributed by atoms with Crippen molar-refractivity contribution in [2.75, 3.05) is 13.7 Å². The summed E-state index contributed by atoms with van der Waals surface area (Å²) in [5.41, 5.74) is -1.09. The van der Waals surface area contributed by atoms with Crippen molar-refractivity contribution in [2.45, 2.75) is 51.2 Å². The van der Waals surface area contributed by atoms with Crippen LogP contribution in [0.2, 0.25) is 0 Å². The Kier molecular flexibility index (Phi) is 10.7. The monoisotopic (exact) mass is 615 g/mol. The molecule has 1 saturated heterocycles. The number of benzene rings is 1. The molecule has 3 rings (SSSR count). The molecule has 0 aliphatic carbocycles. The lowest BCUT2D eigenvalue weighted by Gasteiger charge is -2.26. The van der Waals surface area contributed by atoms with E-state index in [0.29, 0.717) is 6.42 Å². The van der Waals surface area contributed by atoms with Gasteiger partial charge in [-0.25, -0.2) is 9.36 Å². The molecule has 14 heteroatoms. The van der Waals surface area contributed by atoms with E-state index >= 15 is 0 Å². The Balaban J connectivity index is 1.80. The van der Waals surface area contributed by atoms with E-state index in [1.54, 1.807) is 30.3 Å². The van der Waals surface area contributed by atoms with Crippen LogP contribution in [0, 0.1) is 5.92 Å². The van der Waals surface area contributed by atoms with Gasteiger partial charge in [-0.3, -0.25) is 23.7 Å². The van der Waals surface area contributed by atoms with Crippen molar-refractivity contribution in [1.82, 2.24) is 14.6 Å². The summed E-state index contributed by atoms with van der Waals surface area (Å²) in [5, 5.41) is 13.3. The first kappa shape index (κ1) is 30.0. The van der Waals surface area contributed by atoms with E-state index in [2.05, 4.69) is 26.0 Å². The van der Waals surface area contributed by atoms with E-state index in [0.717, 1.165) is 4.57 Å². The van der Waals surface area contributed by atoms with E-state index in [4.69, 9.17) is 18.5 Å². The van der Waals surface area contributed by atoms with Crippen LogP contribution in [-0.4, -0.2) is 52.6 Å². The van der Waals surface area contributed by atoms with Gasteiger partial charge in [0, 0.05) is 12.6 Å². The number of nitrogens with zero attached hydrogens (tertiary/aromatic N) is 1. The first-order valence-electron chi connectivity index (χ1n) is 11.9. The quantitative estimate of drug-likeness (QED) is 0.239. The number of nitrogens with one attached hydrogen (secondary N) is 2.